The number of pyridine rings is 1. The van der Waals surface area contributed by atoms with Gasteiger partial charge in [-0.25, -0.2) is 0 Å². The molecule has 1 aromatic rings. The molecule has 3 heteroatoms. The summed E-state index contributed by atoms with van der Waals surface area (Å²) >= 11 is 0. The highest BCUT2D eigenvalue weighted by Gasteiger charge is 2.08. The van der Waals surface area contributed by atoms with Crippen LogP contribution >= 0.6 is 0 Å². The molecule has 1 N–H and O–H groups in total. The third-order valence-electron chi connectivity index (χ3n) is 2.31. The molecule has 1 heterocycles. The Morgan fingerprint density at radius 2 is 2.06 bits per heavy atom. The lowest BCUT2D eigenvalue weighted by Crippen LogP contribution is -2.13. The lowest BCUT2D eigenvalue weighted by Gasteiger charge is -2.10. The second kappa shape index (κ2) is 5.99. The van der Waals surface area contributed by atoms with E-state index in [4.69, 9.17) is 0 Å². The second-order valence-electron chi connectivity index (χ2n) is 5.11. The number of aromatic nitrogens is 1. The maximum Gasteiger partial charge on any atom is 0.154 e. The SMILES string of the molecule is CNC(C)c1ccc(C#C[Si]C(C)(C)C)cn1. The number of hydrogen-bond acceptors (Lipinski definition) is 2. The highest BCUT2D eigenvalue weighted by molar-refractivity contribution is 6.49. The zero-order valence-corrected chi connectivity index (χ0v) is 12.3. The minimum Gasteiger partial charge on any atom is -0.312 e. The molecular formula is C14H20N2Si. The number of nitrogens with one attached hydrogen (secondary N) is 1. The summed E-state index contributed by atoms with van der Waals surface area (Å²) in [5.74, 6) is 3.16. The molecule has 17 heavy (non-hydrogen) atoms. The van der Waals surface area contributed by atoms with Crippen molar-refractivity contribution < 1.29 is 0 Å². The van der Waals surface area contributed by atoms with Crippen LogP contribution in [-0.2, 0) is 0 Å². The Morgan fingerprint density at radius 1 is 1.35 bits per heavy atom. The van der Waals surface area contributed by atoms with Gasteiger partial charge in [0.05, 0.1) is 5.69 Å². The zero-order valence-electron chi connectivity index (χ0n) is 11.3. The molecule has 0 aliphatic rings. The molecule has 0 saturated carbocycles. The van der Waals surface area contributed by atoms with Crippen molar-refractivity contribution in [3.05, 3.63) is 29.6 Å². The van der Waals surface area contributed by atoms with E-state index >= 15 is 0 Å². The van der Waals surface area contributed by atoms with Gasteiger partial charge in [-0.3, -0.25) is 4.98 Å². The Balaban J connectivity index is 2.69. The van der Waals surface area contributed by atoms with Crippen molar-refractivity contribution >= 4 is 9.52 Å². The van der Waals surface area contributed by atoms with Gasteiger partial charge in [0.25, 0.3) is 0 Å². The summed E-state index contributed by atoms with van der Waals surface area (Å²) in [6.45, 7) is 8.71. The lowest BCUT2D eigenvalue weighted by atomic mass is 10.2. The van der Waals surface area contributed by atoms with Crippen molar-refractivity contribution in [3.63, 3.8) is 0 Å². The van der Waals surface area contributed by atoms with Gasteiger partial charge in [0.1, 0.15) is 0 Å². The molecule has 0 aliphatic heterocycles. The molecule has 0 saturated heterocycles. The van der Waals surface area contributed by atoms with Crippen molar-refractivity contribution in [1.82, 2.24) is 10.3 Å². The standard InChI is InChI=1S/C14H20N2Si/c1-11(15-5)13-7-6-12(10-16-13)8-9-17-14(2,3)4/h6-7,10-11,15H,1-5H3. The first kappa shape index (κ1) is 13.9. The Bertz CT molecular complexity index is 407. The van der Waals surface area contributed by atoms with Gasteiger partial charge in [-0.1, -0.05) is 26.7 Å². The summed E-state index contributed by atoms with van der Waals surface area (Å²) in [6.07, 6.45) is 1.85. The topological polar surface area (TPSA) is 24.9 Å². The van der Waals surface area contributed by atoms with Crippen LogP contribution in [0.15, 0.2) is 18.3 Å². The van der Waals surface area contributed by atoms with Crippen molar-refractivity contribution in [1.29, 1.82) is 0 Å². The first-order valence-corrected chi connectivity index (χ1v) is 6.84. The largest absolute Gasteiger partial charge is 0.312 e. The molecular weight excluding hydrogens is 224 g/mol. The zero-order chi connectivity index (χ0) is 12.9. The van der Waals surface area contributed by atoms with Crippen LogP contribution in [0.2, 0.25) is 5.04 Å². The molecule has 0 spiro atoms. The molecule has 0 aliphatic carbocycles. The van der Waals surface area contributed by atoms with Gasteiger partial charge in [-0.15, -0.1) is 5.54 Å². The highest BCUT2D eigenvalue weighted by atomic mass is 28.2. The van der Waals surface area contributed by atoms with Crippen LogP contribution in [0.4, 0.5) is 0 Å². The molecule has 1 rings (SSSR count). The van der Waals surface area contributed by atoms with Gasteiger partial charge in [0.2, 0.25) is 0 Å². The predicted octanol–water partition coefficient (Wildman–Crippen LogP) is 2.59. The molecule has 2 nitrogen and oxygen atoms in total. The van der Waals surface area contributed by atoms with E-state index < -0.39 is 0 Å². The average molecular weight is 244 g/mol. The molecule has 1 unspecified atom stereocenters. The first-order chi connectivity index (χ1) is 7.92. The summed E-state index contributed by atoms with van der Waals surface area (Å²) < 4.78 is 0. The van der Waals surface area contributed by atoms with Crippen LogP contribution in [0.5, 0.6) is 0 Å². The normalized spacial score (nSPS) is 12.8. The van der Waals surface area contributed by atoms with Gasteiger partial charge in [-0.05, 0) is 31.1 Å². The van der Waals surface area contributed by atoms with E-state index in [-0.39, 0.29) is 6.04 Å². The molecule has 1 atom stereocenters. The summed E-state index contributed by atoms with van der Waals surface area (Å²) in [5.41, 5.74) is 5.27. The van der Waals surface area contributed by atoms with Gasteiger partial charge >= 0.3 is 0 Å². The Hall–Kier alpha value is -1.11. The highest BCUT2D eigenvalue weighted by Crippen LogP contribution is 2.18. The first-order valence-electron chi connectivity index (χ1n) is 5.84. The van der Waals surface area contributed by atoms with Crippen molar-refractivity contribution in [3.8, 4) is 11.5 Å². The molecule has 0 aromatic carbocycles. The van der Waals surface area contributed by atoms with Gasteiger partial charge in [0.15, 0.2) is 9.52 Å². The van der Waals surface area contributed by atoms with E-state index in [0.717, 1.165) is 11.3 Å². The van der Waals surface area contributed by atoms with Crippen LogP contribution < -0.4 is 5.32 Å². The fourth-order valence-corrected chi connectivity index (χ4v) is 1.76. The van der Waals surface area contributed by atoms with Crippen molar-refractivity contribution in [2.24, 2.45) is 0 Å². The van der Waals surface area contributed by atoms with Gasteiger partial charge in [-0.2, -0.15) is 0 Å². The van der Waals surface area contributed by atoms with Crippen LogP contribution in [0, 0.1) is 11.5 Å². The molecule has 0 bridgehead atoms. The number of rotatable bonds is 2. The van der Waals surface area contributed by atoms with Crippen LogP contribution in [0.3, 0.4) is 0 Å². The third kappa shape index (κ3) is 5.16. The summed E-state index contributed by atoms with van der Waals surface area (Å²) in [6, 6.07) is 4.36. The summed E-state index contributed by atoms with van der Waals surface area (Å²) in [7, 11) is 2.59. The van der Waals surface area contributed by atoms with Crippen molar-refractivity contribution in [2.45, 2.75) is 38.8 Å². The minimum atomic E-state index is 0.286. The molecule has 0 amide bonds. The fourth-order valence-electron chi connectivity index (χ4n) is 1.17. The fraction of sp³-hybridized carbons (Fsp3) is 0.500. The van der Waals surface area contributed by atoms with E-state index in [1.54, 1.807) is 0 Å². The minimum absolute atomic E-state index is 0.286. The molecule has 1 aromatic heterocycles. The van der Waals surface area contributed by atoms with Crippen LogP contribution in [0.25, 0.3) is 0 Å². The lowest BCUT2D eigenvalue weighted by molar-refractivity contribution is 0.633. The molecule has 90 valence electrons. The monoisotopic (exact) mass is 244 g/mol. The second-order valence-corrected chi connectivity index (χ2v) is 7.11. The van der Waals surface area contributed by atoms with E-state index in [1.165, 1.54) is 0 Å². The van der Waals surface area contributed by atoms with Crippen molar-refractivity contribution in [2.75, 3.05) is 7.05 Å². The Labute approximate surface area is 107 Å². The maximum atomic E-state index is 4.40. The van der Waals surface area contributed by atoms with Gasteiger partial charge < -0.3 is 5.32 Å². The maximum absolute atomic E-state index is 4.40. The molecule has 2 radical (unpaired) electrons. The third-order valence-corrected chi connectivity index (χ3v) is 3.31. The average Bonchev–Trinajstić information content (AvgIpc) is 2.27. The molecule has 0 fully saturated rings. The predicted molar refractivity (Wildman–Crippen MR) is 74.1 cm³/mol. The quantitative estimate of drug-likeness (QED) is 0.639. The Morgan fingerprint density at radius 3 is 2.53 bits per heavy atom. The smallest absolute Gasteiger partial charge is 0.154 e. The number of nitrogens with zero attached hydrogens (tertiary/aromatic N) is 1. The van der Waals surface area contributed by atoms with E-state index in [2.05, 4.69) is 49.5 Å². The summed E-state index contributed by atoms with van der Waals surface area (Å²) in [5, 5.41) is 3.46. The number of hydrogen-bond donors (Lipinski definition) is 1. The van der Waals surface area contributed by atoms with Crippen LogP contribution in [0.1, 0.15) is 45.0 Å². The van der Waals surface area contributed by atoms with E-state index in [9.17, 15) is 0 Å². The Kier molecular flexibility index (Phi) is 4.92. The summed E-state index contributed by atoms with van der Waals surface area (Å²) in [4.78, 5) is 4.40. The van der Waals surface area contributed by atoms with Gasteiger partial charge in [0, 0.05) is 17.8 Å². The van der Waals surface area contributed by atoms with E-state index in [1.807, 2.05) is 25.4 Å². The van der Waals surface area contributed by atoms with E-state index in [0.29, 0.717) is 14.6 Å². The van der Waals surface area contributed by atoms with Crippen LogP contribution in [-0.4, -0.2) is 21.6 Å².